The number of fused-ring (bicyclic) bond motifs is 3. The first-order valence-corrected chi connectivity index (χ1v) is 19.6. The number of aromatic amines is 1. The maximum absolute atomic E-state index is 12.9. The van der Waals surface area contributed by atoms with Gasteiger partial charge in [-0.1, -0.05) is 31.9 Å². The molecule has 0 spiro atoms. The smallest absolute Gasteiger partial charge is 0.123 e. The second-order valence-electron chi connectivity index (χ2n) is 11.4. The first-order valence-electron chi connectivity index (χ1n) is 15.8. The van der Waals surface area contributed by atoms with Crippen LogP contribution in [0.25, 0.3) is 44.1 Å². The van der Waals surface area contributed by atoms with Gasteiger partial charge < -0.3 is 14.1 Å². The van der Waals surface area contributed by atoms with Crippen molar-refractivity contribution in [2.24, 2.45) is 0 Å². The van der Waals surface area contributed by atoms with Gasteiger partial charge in [-0.25, -0.2) is 13.2 Å². The van der Waals surface area contributed by atoms with Crippen molar-refractivity contribution < 1.29 is 13.2 Å². The molecule has 52 heavy (non-hydrogen) atoms. The van der Waals surface area contributed by atoms with Crippen molar-refractivity contribution >= 4 is 110 Å². The SMILES string of the molecule is Brc1ccc2[nH]ccc2c1.Fc1ccc(-n2ccc3cc(Br)ccc32)cc1.Fc1ccc(-n2ccc3cc(I)ccc32)cc1.Fc1ccc(I)cc1. The lowest BCUT2D eigenvalue weighted by atomic mass is 10.2. The molecule has 0 bridgehead atoms. The largest absolute Gasteiger partial charge is 0.361 e. The molecule has 3 aromatic heterocycles. The third-order valence-corrected chi connectivity index (χ3v) is 10.2. The molecule has 0 aliphatic heterocycles. The molecule has 0 atom stereocenters. The summed E-state index contributed by atoms with van der Waals surface area (Å²) in [7, 11) is 0. The van der Waals surface area contributed by atoms with Crippen molar-refractivity contribution in [3.63, 3.8) is 0 Å². The van der Waals surface area contributed by atoms with E-state index in [9.17, 15) is 13.2 Å². The predicted molar refractivity (Wildman–Crippen MR) is 232 cm³/mol. The van der Waals surface area contributed by atoms with Crippen LogP contribution >= 0.6 is 77.0 Å². The minimum atomic E-state index is -0.215. The Hall–Kier alpha value is -3.85. The number of benzene rings is 6. The first-order chi connectivity index (χ1) is 25.1. The molecule has 9 aromatic rings. The summed E-state index contributed by atoms with van der Waals surface area (Å²) in [6.45, 7) is 0. The molecule has 0 saturated heterocycles. The third-order valence-electron chi connectivity index (χ3n) is 7.83. The van der Waals surface area contributed by atoms with Gasteiger partial charge in [-0.2, -0.15) is 0 Å². The lowest BCUT2D eigenvalue weighted by Crippen LogP contribution is -1.91. The Kier molecular flexibility index (Phi) is 13.0. The Bertz CT molecular complexity index is 2400. The summed E-state index contributed by atoms with van der Waals surface area (Å²) in [5.74, 6) is -0.599. The summed E-state index contributed by atoms with van der Waals surface area (Å²) >= 11 is 11.3. The highest BCUT2D eigenvalue weighted by Crippen LogP contribution is 2.25. The average molecular weight is 1050 g/mol. The predicted octanol–water partition coefficient (Wildman–Crippen LogP) is 14.3. The number of nitrogens with zero attached hydrogens (tertiary/aromatic N) is 2. The topological polar surface area (TPSA) is 25.6 Å². The Morgan fingerprint density at radius 3 is 1.42 bits per heavy atom. The normalized spacial score (nSPS) is 10.6. The van der Waals surface area contributed by atoms with Crippen molar-refractivity contribution in [2.75, 3.05) is 0 Å². The van der Waals surface area contributed by atoms with Crippen molar-refractivity contribution in [1.82, 2.24) is 14.1 Å². The highest BCUT2D eigenvalue weighted by atomic mass is 127. The molecule has 0 saturated carbocycles. The molecule has 3 nitrogen and oxygen atoms in total. The molecule has 0 aliphatic carbocycles. The summed E-state index contributed by atoms with van der Waals surface area (Å²) in [5.41, 5.74) is 5.37. The zero-order chi connectivity index (χ0) is 36.6. The van der Waals surface area contributed by atoms with Crippen LogP contribution in [-0.4, -0.2) is 14.1 Å². The molecule has 3 heterocycles. The number of halogens is 7. The van der Waals surface area contributed by atoms with Gasteiger partial charge in [0, 0.05) is 67.7 Å². The van der Waals surface area contributed by atoms with E-state index < -0.39 is 0 Å². The van der Waals surface area contributed by atoms with Crippen LogP contribution in [-0.2, 0) is 0 Å². The minimum absolute atomic E-state index is 0.176. The van der Waals surface area contributed by atoms with Gasteiger partial charge in [0.25, 0.3) is 0 Å². The number of aromatic nitrogens is 3. The van der Waals surface area contributed by atoms with Crippen molar-refractivity contribution in [2.45, 2.75) is 0 Å². The van der Waals surface area contributed by atoms with E-state index in [-0.39, 0.29) is 17.5 Å². The van der Waals surface area contributed by atoms with Crippen LogP contribution in [0.1, 0.15) is 0 Å². The standard InChI is InChI=1S/C14H9BrFN.C14H9FIN.C8H6BrN.C6H4FI/c15-11-1-6-14-10(9-11)7-8-17(14)13-4-2-12(16)3-5-13;15-11-1-4-13(5-2-11)17-8-7-10-9-12(16)3-6-14(10)17;9-7-1-2-8-6(5-7)3-4-10-8;7-5-1-3-6(8)4-2-5/h2*1-9H;1-5,10H;1-4H. The summed E-state index contributed by atoms with van der Waals surface area (Å²) in [5, 5.41) is 3.60. The Balaban J connectivity index is 0.000000125. The molecule has 0 aliphatic rings. The van der Waals surface area contributed by atoms with Gasteiger partial charge in [0.05, 0.1) is 11.0 Å². The van der Waals surface area contributed by atoms with E-state index in [2.05, 4.69) is 135 Å². The first kappa shape index (κ1) is 37.9. The van der Waals surface area contributed by atoms with Gasteiger partial charge in [-0.05, 0) is 191 Å². The molecule has 0 unspecified atom stereocenters. The van der Waals surface area contributed by atoms with E-state index in [1.807, 2.05) is 47.4 Å². The molecule has 9 rings (SSSR count). The molecule has 10 heteroatoms. The fourth-order valence-electron chi connectivity index (χ4n) is 5.33. The van der Waals surface area contributed by atoms with Crippen LogP contribution in [0, 0.1) is 24.6 Å². The maximum Gasteiger partial charge on any atom is 0.123 e. The highest BCUT2D eigenvalue weighted by Gasteiger charge is 2.05. The third kappa shape index (κ3) is 9.97. The summed E-state index contributed by atoms with van der Waals surface area (Å²) in [6.07, 6.45) is 5.94. The van der Waals surface area contributed by atoms with Crippen LogP contribution < -0.4 is 0 Å². The number of rotatable bonds is 2. The molecule has 1 N–H and O–H groups in total. The van der Waals surface area contributed by atoms with E-state index in [1.165, 1.54) is 56.3 Å². The van der Waals surface area contributed by atoms with Gasteiger partial charge in [0.15, 0.2) is 0 Å². The Labute approximate surface area is 343 Å². The molecular weight excluding hydrogens is 1020 g/mol. The minimum Gasteiger partial charge on any atom is -0.361 e. The van der Waals surface area contributed by atoms with Gasteiger partial charge in [0.2, 0.25) is 0 Å². The molecule has 0 fully saturated rings. The molecule has 260 valence electrons. The molecule has 0 radical (unpaired) electrons. The Morgan fingerprint density at radius 1 is 0.442 bits per heavy atom. The number of hydrogen-bond acceptors (Lipinski definition) is 0. The molecular formula is C42H28Br2F3I2N3. The highest BCUT2D eigenvalue weighted by molar-refractivity contribution is 14.1. The number of H-pyrrole nitrogens is 1. The van der Waals surface area contributed by atoms with Crippen molar-refractivity contribution in [1.29, 1.82) is 0 Å². The van der Waals surface area contributed by atoms with E-state index in [4.69, 9.17) is 0 Å². The summed E-state index contributed by atoms with van der Waals surface area (Å²) in [4.78, 5) is 3.13. The Morgan fingerprint density at radius 2 is 0.885 bits per heavy atom. The zero-order valence-corrected chi connectivity index (χ0v) is 34.6. The lowest BCUT2D eigenvalue weighted by molar-refractivity contribution is 0.627. The second-order valence-corrected chi connectivity index (χ2v) is 15.7. The van der Waals surface area contributed by atoms with Gasteiger partial charge in [-0.15, -0.1) is 0 Å². The molecule has 6 aromatic carbocycles. The van der Waals surface area contributed by atoms with Crippen LogP contribution in [0.2, 0.25) is 0 Å². The van der Waals surface area contributed by atoms with Gasteiger partial charge in [0.1, 0.15) is 17.5 Å². The van der Waals surface area contributed by atoms with Gasteiger partial charge in [-0.3, -0.25) is 0 Å². The maximum atomic E-state index is 12.9. The summed E-state index contributed by atoms with van der Waals surface area (Å²) in [6, 6.07) is 44.1. The fourth-order valence-corrected chi connectivity index (χ4v) is 6.97. The van der Waals surface area contributed by atoms with Gasteiger partial charge >= 0.3 is 0 Å². The van der Waals surface area contributed by atoms with E-state index in [0.717, 1.165) is 40.3 Å². The number of hydrogen-bond donors (Lipinski definition) is 1. The van der Waals surface area contributed by atoms with E-state index >= 15 is 0 Å². The lowest BCUT2D eigenvalue weighted by Gasteiger charge is -2.05. The van der Waals surface area contributed by atoms with Crippen LogP contribution in [0.5, 0.6) is 0 Å². The van der Waals surface area contributed by atoms with E-state index in [1.54, 1.807) is 36.4 Å². The van der Waals surface area contributed by atoms with Crippen LogP contribution in [0.4, 0.5) is 13.2 Å². The van der Waals surface area contributed by atoms with E-state index in [0.29, 0.717) is 0 Å². The molecule has 0 amide bonds. The average Bonchev–Trinajstić information content (AvgIpc) is 3.89. The van der Waals surface area contributed by atoms with Crippen molar-refractivity contribution in [3.8, 4) is 11.4 Å². The van der Waals surface area contributed by atoms with Crippen molar-refractivity contribution in [3.05, 3.63) is 198 Å². The zero-order valence-electron chi connectivity index (χ0n) is 27.1. The second kappa shape index (κ2) is 17.8. The monoisotopic (exact) mass is 1040 g/mol. The van der Waals surface area contributed by atoms with Crippen LogP contribution in [0.15, 0.2) is 173 Å². The fraction of sp³-hybridized carbons (Fsp3) is 0. The van der Waals surface area contributed by atoms with Crippen LogP contribution in [0.3, 0.4) is 0 Å². The number of nitrogens with one attached hydrogen (secondary N) is 1. The quantitative estimate of drug-likeness (QED) is 0.167. The summed E-state index contributed by atoms with van der Waals surface area (Å²) < 4.78 is 46.4.